The van der Waals surface area contributed by atoms with Crippen LogP contribution in [0.3, 0.4) is 0 Å². The minimum atomic E-state index is 0.171. The Bertz CT molecular complexity index is 335. The Kier molecular flexibility index (Phi) is 6.02. The van der Waals surface area contributed by atoms with Gasteiger partial charge in [-0.05, 0) is 32.9 Å². The number of hydrogen-bond donors (Lipinski definition) is 1. The maximum absolute atomic E-state index is 12.1. The standard InChI is InChI=1S/C16H32N4O/c1-13(2)15(20-9-7-18(3)8-10-20)11-17-16(21)12-19(4)14-5-6-14/h13-15H,5-12H2,1-4H3,(H,17,21)/t15-/m1/s1. The van der Waals surface area contributed by atoms with E-state index in [4.69, 9.17) is 0 Å². The molecule has 0 bridgehead atoms. The summed E-state index contributed by atoms with van der Waals surface area (Å²) in [6.07, 6.45) is 2.50. The Hall–Kier alpha value is -0.650. The van der Waals surface area contributed by atoms with Crippen LogP contribution < -0.4 is 5.32 Å². The third kappa shape index (κ3) is 5.24. The normalized spacial score (nSPS) is 22.8. The van der Waals surface area contributed by atoms with Crippen LogP contribution in [0.15, 0.2) is 0 Å². The molecule has 5 nitrogen and oxygen atoms in total. The van der Waals surface area contributed by atoms with Gasteiger partial charge in [-0.25, -0.2) is 0 Å². The maximum atomic E-state index is 12.1. The molecule has 2 rings (SSSR count). The third-order valence-electron chi connectivity index (χ3n) is 4.85. The van der Waals surface area contributed by atoms with Gasteiger partial charge in [-0.1, -0.05) is 13.8 Å². The van der Waals surface area contributed by atoms with Crippen molar-refractivity contribution in [3.63, 3.8) is 0 Å². The first-order valence-corrected chi connectivity index (χ1v) is 8.37. The number of rotatable bonds is 7. The summed E-state index contributed by atoms with van der Waals surface area (Å²) in [7, 11) is 4.23. The van der Waals surface area contributed by atoms with Crippen LogP contribution in [0.4, 0.5) is 0 Å². The number of hydrogen-bond acceptors (Lipinski definition) is 4. The highest BCUT2D eigenvalue weighted by molar-refractivity contribution is 5.78. The fourth-order valence-electron chi connectivity index (χ4n) is 3.09. The molecule has 0 unspecified atom stereocenters. The maximum Gasteiger partial charge on any atom is 0.234 e. The van der Waals surface area contributed by atoms with E-state index < -0.39 is 0 Å². The van der Waals surface area contributed by atoms with Gasteiger partial charge in [0.1, 0.15) is 0 Å². The molecule has 1 heterocycles. The van der Waals surface area contributed by atoms with Crippen LogP contribution in [0.2, 0.25) is 0 Å². The van der Waals surface area contributed by atoms with Crippen LogP contribution >= 0.6 is 0 Å². The average molecular weight is 296 g/mol. The molecule has 21 heavy (non-hydrogen) atoms. The molecule has 1 amide bonds. The summed E-state index contributed by atoms with van der Waals surface area (Å²) in [5.74, 6) is 0.735. The van der Waals surface area contributed by atoms with Crippen molar-refractivity contribution in [3.8, 4) is 0 Å². The van der Waals surface area contributed by atoms with Crippen LogP contribution in [0.1, 0.15) is 26.7 Å². The highest BCUT2D eigenvalue weighted by Crippen LogP contribution is 2.24. The SMILES string of the molecule is CC(C)[C@@H](CNC(=O)CN(C)C1CC1)N1CCN(C)CC1. The third-order valence-corrected chi connectivity index (χ3v) is 4.85. The lowest BCUT2D eigenvalue weighted by molar-refractivity contribution is -0.122. The highest BCUT2D eigenvalue weighted by Gasteiger charge is 2.28. The second-order valence-corrected chi connectivity index (χ2v) is 7.10. The summed E-state index contributed by atoms with van der Waals surface area (Å²) in [5, 5.41) is 3.15. The fourth-order valence-corrected chi connectivity index (χ4v) is 3.09. The summed E-state index contributed by atoms with van der Waals surface area (Å²) in [5.41, 5.74) is 0. The first-order valence-electron chi connectivity index (χ1n) is 8.37. The van der Waals surface area contributed by atoms with E-state index in [1.807, 2.05) is 0 Å². The van der Waals surface area contributed by atoms with Gasteiger partial charge in [0, 0.05) is 44.8 Å². The number of nitrogens with one attached hydrogen (secondary N) is 1. The van der Waals surface area contributed by atoms with Crippen molar-refractivity contribution >= 4 is 5.91 Å². The Morgan fingerprint density at radius 3 is 2.38 bits per heavy atom. The van der Waals surface area contributed by atoms with Crippen molar-refractivity contribution in [3.05, 3.63) is 0 Å². The van der Waals surface area contributed by atoms with Gasteiger partial charge in [-0.3, -0.25) is 14.6 Å². The van der Waals surface area contributed by atoms with Crippen molar-refractivity contribution in [2.24, 2.45) is 5.92 Å². The van der Waals surface area contributed by atoms with Gasteiger partial charge in [-0.2, -0.15) is 0 Å². The molecule has 0 spiro atoms. The van der Waals surface area contributed by atoms with Crippen molar-refractivity contribution in [1.82, 2.24) is 20.0 Å². The summed E-state index contributed by atoms with van der Waals surface area (Å²) in [6.45, 7) is 10.3. The van der Waals surface area contributed by atoms with E-state index in [2.05, 4.69) is 48.0 Å². The zero-order valence-corrected chi connectivity index (χ0v) is 14.1. The number of carbonyl (C=O) groups excluding carboxylic acids is 1. The number of amides is 1. The van der Waals surface area contributed by atoms with Crippen molar-refractivity contribution in [2.75, 3.05) is 53.4 Å². The van der Waals surface area contributed by atoms with E-state index in [1.165, 1.54) is 12.8 Å². The van der Waals surface area contributed by atoms with Gasteiger partial charge in [0.25, 0.3) is 0 Å². The highest BCUT2D eigenvalue weighted by atomic mass is 16.2. The van der Waals surface area contributed by atoms with Crippen molar-refractivity contribution in [1.29, 1.82) is 0 Å². The van der Waals surface area contributed by atoms with Crippen molar-refractivity contribution < 1.29 is 4.79 Å². The van der Waals surface area contributed by atoms with E-state index in [9.17, 15) is 4.79 Å². The minimum Gasteiger partial charge on any atom is -0.353 e. The van der Waals surface area contributed by atoms with Crippen LogP contribution in [0.5, 0.6) is 0 Å². The largest absolute Gasteiger partial charge is 0.353 e. The van der Waals surface area contributed by atoms with Gasteiger partial charge in [0.2, 0.25) is 5.91 Å². The molecule has 1 atom stereocenters. The predicted molar refractivity (Wildman–Crippen MR) is 86.4 cm³/mol. The molecule has 2 aliphatic rings. The fraction of sp³-hybridized carbons (Fsp3) is 0.938. The van der Waals surface area contributed by atoms with Crippen molar-refractivity contribution in [2.45, 2.75) is 38.8 Å². The topological polar surface area (TPSA) is 38.8 Å². The summed E-state index contributed by atoms with van der Waals surface area (Å²) >= 11 is 0. The Balaban J connectivity index is 1.75. The van der Waals surface area contributed by atoms with Gasteiger partial charge >= 0.3 is 0 Å². The number of piperazine rings is 1. The number of nitrogens with zero attached hydrogens (tertiary/aromatic N) is 3. The lowest BCUT2D eigenvalue weighted by Gasteiger charge is -2.40. The molecule has 1 saturated heterocycles. The van der Waals surface area contributed by atoms with Crippen LogP contribution in [0.25, 0.3) is 0 Å². The van der Waals surface area contributed by atoms with E-state index >= 15 is 0 Å². The zero-order valence-electron chi connectivity index (χ0n) is 14.1. The second kappa shape index (κ2) is 7.56. The molecule has 0 aromatic rings. The van der Waals surface area contributed by atoms with E-state index in [1.54, 1.807) is 0 Å². The van der Waals surface area contributed by atoms with E-state index in [0.717, 1.165) is 32.7 Å². The number of carbonyl (C=O) groups is 1. The van der Waals surface area contributed by atoms with E-state index in [-0.39, 0.29) is 5.91 Å². The van der Waals surface area contributed by atoms with Crippen LogP contribution in [-0.4, -0.2) is 86.1 Å². The summed E-state index contributed by atoms with van der Waals surface area (Å²) in [6, 6.07) is 1.10. The van der Waals surface area contributed by atoms with Gasteiger partial charge in [0.05, 0.1) is 6.54 Å². The lowest BCUT2D eigenvalue weighted by atomic mass is 10.0. The van der Waals surface area contributed by atoms with E-state index in [0.29, 0.717) is 24.5 Å². The molecular formula is C16H32N4O. The van der Waals surface area contributed by atoms with Crippen LogP contribution in [0, 0.1) is 5.92 Å². The second-order valence-electron chi connectivity index (χ2n) is 7.10. The van der Waals surface area contributed by atoms with Crippen LogP contribution in [-0.2, 0) is 4.79 Å². The quantitative estimate of drug-likeness (QED) is 0.741. The smallest absolute Gasteiger partial charge is 0.234 e. The molecule has 5 heteroatoms. The Morgan fingerprint density at radius 1 is 1.24 bits per heavy atom. The molecular weight excluding hydrogens is 264 g/mol. The zero-order chi connectivity index (χ0) is 15.4. The monoisotopic (exact) mass is 296 g/mol. The molecule has 1 aliphatic heterocycles. The first kappa shape index (κ1) is 16.7. The van der Waals surface area contributed by atoms with Gasteiger partial charge in [0.15, 0.2) is 0 Å². The average Bonchev–Trinajstić information content (AvgIpc) is 3.25. The Morgan fingerprint density at radius 2 is 1.86 bits per heavy atom. The minimum absolute atomic E-state index is 0.171. The molecule has 1 saturated carbocycles. The van der Waals surface area contributed by atoms with Gasteiger partial charge in [-0.15, -0.1) is 0 Å². The predicted octanol–water partition coefficient (Wildman–Crippen LogP) is 0.469. The molecule has 0 aromatic heterocycles. The van der Waals surface area contributed by atoms with Gasteiger partial charge < -0.3 is 10.2 Å². The molecule has 2 fully saturated rings. The summed E-state index contributed by atoms with van der Waals surface area (Å²) in [4.78, 5) is 19.2. The number of likely N-dealkylation sites (N-methyl/N-ethyl adjacent to an activating group) is 2. The molecule has 122 valence electrons. The molecule has 1 aliphatic carbocycles. The molecule has 1 N–H and O–H groups in total. The molecule has 0 radical (unpaired) electrons. The first-order chi connectivity index (χ1) is 9.97. The Labute approximate surface area is 129 Å². The molecule has 0 aromatic carbocycles. The lowest BCUT2D eigenvalue weighted by Crippen LogP contribution is -2.54. The summed E-state index contributed by atoms with van der Waals surface area (Å²) < 4.78 is 0.